The van der Waals surface area contributed by atoms with Gasteiger partial charge in [0.05, 0.1) is 5.02 Å². The maximum Gasteiger partial charge on any atom is 0.326 e. The topological polar surface area (TPSA) is 79.3 Å². The number of aliphatic carboxylic acids is 1. The summed E-state index contributed by atoms with van der Waals surface area (Å²) >= 11 is 5.68. The van der Waals surface area contributed by atoms with E-state index in [4.69, 9.17) is 16.7 Å². The molecule has 1 unspecified atom stereocenters. The number of carboxylic acids is 1. The highest BCUT2D eigenvalue weighted by atomic mass is 35.5. The number of carbonyl (C=O) groups is 2. The van der Waals surface area contributed by atoms with Crippen LogP contribution in [0, 0.1) is 5.41 Å². The van der Waals surface area contributed by atoms with Crippen LogP contribution in [0.4, 0.5) is 0 Å². The summed E-state index contributed by atoms with van der Waals surface area (Å²) in [7, 11) is 0. The molecule has 0 aromatic carbocycles. The van der Waals surface area contributed by atoms with Gasteiger partial charge < -0.3 is 10.4 Å². The van der Waals surface area contributed by atoms with Crippen molar-refractivity contribution in [2.75, 3.05) is 0 Å². The molecular formula is C14H19ClN2O3. The van der Waals surface area contributed by atoms with Crippen LogP contribution < -0.4 is 5.32 Å². The van der Waals surface area contributed by atoms with E-state index in [1.807, 2.05) is 20.8 Å². The van der Waals surface area contributed by atoms with Crippen LogP contribution in [0.2, 0.25) is 5.02 Å². The third-order valence-electron chi connectivity index (χ3n) is 2.75. The minimum Gasteiger partial charge on any atom is -0.480 e. The average Bonchev–Trinajstić information content (AvgIpc) is 2.33. The number of amides is 1. The Balaban J connectivity index is 2.68. The number of carbonyl (C=O) groups excluding carboxylic acids is 1. The van der Waals surface area contributed by atoms with Gasteiger partial charge in [0.25, 0.3) is 5.91 Å². The van der Waals surface area contributed by atoms with Gasteiger partial charge >= 0.3 is 5.97 Å². The minimum absolute atomic E-state index is 0.0109. The number of carboxylic acid groups (broad SMARTS) is 1. The molecule has 0 spiro atoms. The van der Waals surface area contributed by atoms with E-state index in [0.29, 0.717) is 17.9 Å². The van der Waals surface area contributed by atoms with Crippen LogP contribution in [0.1, 0.15) is 44.1 Å². The highest BCUT2D eigenvalue weighted by molar-refractivity contribution is 6.30. The van der Waals surface area contributed by atoms with Gasteiger partial charge in [-0.15, -0.1) is 0 Å². The molecule has 0 fully saturated rings. The molecule has 5 nitrogen and oxygen atoms in total. The number of pyridine rings is 1. The van der Waals surface area contributed by atoms with Gasteiger partial charge in [-0.05, 0) is 30.4 Å². The van der Waals surface area contributed by atoms with Gasteiger partial charge in [-0.25, -0.2) is 9.78 Å². The van der Waals surface area contributed by atoms with Crippen molar-refractivity contribution in [1.82, 2.24) is 10.3 Å². The highest BCUT2D eigenvalue weighted by Gasteiger charge is 2.23. The number of rotatable bonds is 5. The SMILES string of the molecule is CC(C)(C)CCC(NC(=O)c1ccc(Cl)cn1)C(=O)O. The predicted octanol–water partition coefficient (Wildman–Crippen LogP) is 2.74. The Hall–Kier alpha value is -1.62. The summed E-state index contributed by atoms with van der Waals surface area (Å²) in [5.74, 6) is -1.56. The molecule has 2 N–H and O–H groups in total. The smallest absolute Gasteiger partial charge is 0.326 e. The minimum atomic E-state index is -1.04. The van der Waals surface area contributed by atoms with Crippen LogP contribution in [-0.4, -0.2) is 28.0 Å². The molecule has 0 aliphatic heterocycles. The second-order valence-corrected chi connectivity index (χ2v) is 6.26. The molecule has 1 heterocycles. The first-order chi connectivity index (χ1) is 9.19. The number of nitrogens with one attached hydrogen (secondary N) is 1. The summed E-state index contributed by atoms with van der Waals surface area (Å²) < 4.78 is 0. The lowest BCUT2D eigenvalue weighted by molar-refractivity contribution is -0.139. The van der Waals surface area contributed by atoms with Crippen LogP contribution in [0.25, 0.3) is 0 Å². The average molecular weight is 299 g/mol. The van der Waals surface area contributed by atoms with E-state index in [0.717, 1.165) is 0 Å². The molecule has 6 heteroatoms. The molecule has 1 atom stereocenters. The van der Waals surface area contributed by atoms with Gasteiger partial charge in [0, 0.05) is 6.20 Å². The molecule has 0 saturated carbocycles. The fraction of sp³-hybridized carbons (Fsp3) is 0.500. The Labute approximate surface area is 123 Å². The van der Waals surface area contributed by atoms with E-state index >= 15 is 0 Å². The van der Waals surface area contributed by atoms with Crippen LogP contribution in [0.3, 0.4) is 0 Å². The Bertz CT molecular complexity index is 480. The van der Waals surface area contributed by atoms with Crippen molar-refractivity contribution < 1.29 is 14.7 Å². The molecule has 1 aromatic heterocycles. The first-order valence-corrected chi connectivity index (χ1v) is 6.72. The summed E-state index contributed by atoms with van der Waals surface area (Å²) in [6.07, 6.45) is 2.41. The Morgan fingerprint density at radius 1 is 1.40 bits per heavy atom. The fourth-order valence-electron chi connectivity index (χ4n) is 1.58. The van der Waals surface area contributed by atoms with E-state index in [1.165, 1.54) is 18.3 Å². The van der Waals surface area contributed by atoms with Crippen molar-refractivity contribution in [2.24, 2.45) is 5.41 Å². The van der Waals surface area contributed by atoms with Crippen molar-refractivity contribution in [1.29, 1.82) is 0 Å². The quantitative estimate of drug-likeness (QED) is 0.876. The summed E-state index contributed by atoms with van der Waals surface area (Å²) in [6, 6.07) is 2.08. The lowest BCUT2D eigenvalue weighted by Crippen LogP contribution is -2.41. The summed E-state index contributed by atoms with van der Waals surface area (Å²) in [6.45, 7) is 6.07. The van der Waals surface area contributed by atoms with Crippen LogP contribution in [0.15, 0.2) is 18.3 Å². The van der Waals surface area contributed by atoms with Gasteiger partial charge in [0.2, 0.25) is 0 Å². The van der Waals surface area contributed by atoms with Crippen molar-refractivity contribution in [3.63, 3.8) is 0 Å². The molecule has 0 bridgehead atoms. The second kappa shape index (κ2) is 6.70. The zero-order valence-corrected chi connectivity index (χ0v) is 12.6. The molecular weight excluding hydrogens is 280 g/mol. The second-order valence-electron chi connectivity index (χ2n) is 5.83. The van der Waals surface area contributed by atoms with Crippen LogP contribution in [0.5, 0.6) is 0 Å². The monoisotopic (exact) mass is 298 g/mol. The maximum absolute atomic E-state index is 11.9. The van der Waals surface area contributed by atoms with Crippen molar-refractivity contribution in [3.8, 4) is 0 Å². The molecule has 1 rings (SSSR count). The van der Waals surface area contributed by atoms with Gasteiger partial charge in [-0.3, -0.25) is 4.79 Å². The van der Waals surface area contributed by atoms with E-state index in [1.54, 1.807) is 0 Å². The Morgan fingerprint density at radius 3 is 2.50 bits per heavy atom. The number of halogens is 1. The molecule has 110 valence electrons. The van der Waals surface area contributed by atoms with E-state index in [9.17, 15) is 9.59 Å². The van der Waals surface area contributed by atoms with Crippen molar-refractivity contribution in [3.05, 3.63) is 29.0 Å². The maximum atomic E-state index is 11.9. The summed E-state index contributed by atoms with van der Waals surface area (Å²) in [5, 5.41) is 12.1. The first-order valence-electron chi connectivity index (χ1n) is 6.34. The van der Waals surface area contributed by atoms with Crippen molar-refractivity contribution >= 4 is 23.5 Å². The van der Waals surface area contributed by atoms with Gasteiger partial charge in [-0.2, -0.15) is 0 Å². The number of hydrogen-bond acceptors (Lipinski definition) is 3. The van der Waals surface area contributed by atoms with Crippen LogP contribution in [-0.2, 0) is 4.79 Å². The number of nitrogens with zero attached hydrogens (tertiary/aromatic N) is 1. The Kier molecular flexibility index (Phi) is 5.51. The number of aromatic nitrogens is 1. The van der Waals surface area contributed by atoms with E-state index < -0.39 is 17.9 Å². The van der Waals surface area contributed by atoms with Gasteiger partial charge in [0.1, 0.15) is 11.7 Å². The lowest BCUT2D eigenvalue weighted by Gasteiger charge is -2.21. The Morgan fingerprint density at radius 2 is 2.05 bits per heavy atom. The van der Waals surface area contributed by atoms with Crippen LogP contribution >= 0.6 is 11.6 Å². The fourth-order valence-corrected chi connectivity index (χ4v) is 1.69. The predicted molar refractivity (Wildman–Crippen MR) is 76.8 cm³/mol. The zero-order valence-electron chi connectivity index (χ0n) is 11.8. The summed E-state index contributed by atoms with van der Waals surface area (Å²) in [4.78, 5) is 27.0. The molecule has 1 amide bonds. The first kappa shape index (κ1) is 16.4. The van der Waals surface area contributed by atoms with E-state index in [-0.39, 0.29) is 11.1 Å². The summed E-state index contributed by atoms with van der Waals surface area (Å²) in [5.41, 5.74) is 0.160. The molecule has 0 radical (unpaired) electrons. The van der Waals surface area contributed by atoms with Gasteiger partial charge in [0.15, 0.2) is 0 Å². The standard InChI is InChI=1S/C14H19ClN2O3/c1-14(2,3)7-6-11(13(19)20)17-12(18)10-5-4-9(15)8-16-10/h4-5,8,11H,6-7H2,1-3H3,(H,17,18)(H,19,20). The molecule has 0 aliphatic carbocycles. The third kappa shape index (κ3) is 5.57. The molecule has 20 heavy (non-hydrogen) atoms. The normalized spacial score (nSPS) is 12.8. The van der Waals surface area contributed by atoms with Crippen molar-refractivity contribution in [2.45, 2.75) is 39.7 Å². The van der Waals surface area contributed by atoms with Gasteiger partial charge in [-0.1, -0.05) is 32.4 Å². The largest absolute Gasteiger partial charge is 0.480 e. The number of hydrogen-bond donors (Lipinski definition) is 2. The zero-order chi connectivity index (χ0) is 15.3. The lowest BCUT2D eigenvalue weighted by atomic mass is 9.88. The van der Waals surface area contributed by atoms with E-state index in [2.05, 4.69) is 10.3 Å². The molecule has 1 aromatic rings. The molecule has 0 aliphatic rings. The third-order valence-corrected chi connectivity index (χ3v) is 2.97. The molecule has 0 saturated heterocycles. The highest BCUT2D eigenvalue weighted by Crippen LogP contribution is 2.21.